The van der Waals surface area contributed by atoms with Gasteiger partial charge in [0, 0.05) is 36.1 Å². The van der Waals surface area contributed by atoms with Gasteiger partial charge in [-0.05, 0) is 23.9 Å². The number of rotatable bonds is 1. The van der Waals surface area contributed by atoms with Crippen LogP contribution in [0, 0.1) is 6.07 Å². The molecule has 1 nitrogen and oxygen atoms in total. The average molecular weight is 571 g/mol. The van der Waals surface area contributed by atoms with Crippen LogP contribution in [0.2, 0.25) is 0 Å². The Morgan fingerprint density at radius 1 is 0.750 bits per heavy atom. The molecule has 0 bridgehead atoms. The van der Waals surface area contributed by atoms with E-state index >= 15 is 0 Å². The van der Waals surface area contributed by atoms with E-state index in [0.29, 0.717) is 6.71 Å². The van der Waals surface area contributed by atoms with Crippen molar-refractivity contribution in [3.63, 3.8) is 0 Å². The molecule has 2 aliphatic rings. The van der Waals surface area contributed by atoms with Gasteiger partial charge in [-0.2, -0.15) is 0 Å². The van der Waals surface area contributed by atoms with Crippen LogP contribution in [-0.2, 0) is 20.1 Å². The zero-order valence-electron chi connectivity index (χ0n) is 14.7. The Kier molecular flexibility index (Phi) is 4.72. The number of hydrogen-bond acceptors (Lipinski definition) is 3. The molecule has 1 aromatic heterocycles. The van der Waals surface area contributed by atoms with E-state index in [1.807, 2.05) is 41.9 Å². The predicted molar refractivity (Wildman–Crippen MR) is 114 cm³/mol. The van der Waals surface area contributed by atoms with Gasteiger partial charge in [0.1, 0.15) is 0 Å². The summed E-state index contributed by atoms with van der Waals surface area (Å²) in [6.45, 7) is 0.291. The fourth-order valence-corrected chi connectivity index (χ4v) is 6.40. The third-order valence-electron chi connectivity index (χ3n) is 5.16. The van der Waals surface area contributed by atoms with E-state index in [9.17, 15) is 0 Å². The first kappa shape index (κ1) is 18.3. The van der Waals surface area contributed by atoms with Crippen LogP contribution in [0.1, 0.15) is 0 Å². The normalized spacial score (nSPS) is 13.1. The van der Waals surface area contributed by atoms with Crippen molar-refractivity contribution >= 4 is 46.6 Å². The fourth-order valence-electron chi connectivity index (χ4n) is 3.98. The van der Waals surface area contributed by atoms with E-state index in [0.717, 1.165) is 11.3 Å². The Balaban J connectivity index is 0.00000171. The number of nitrogens with zero attached hydrogens (tertiary/aromatic N) is 1. The van der Waals surface area contributed by atoms with Crippen LogP contribution in [0.25, 0.3) is 11.3 Å². The monoisotopic (exact) mass is 571 g/mol. The van der Waals surface area contributed by atoms with Crippen molar-refractivity contribution in [3.05, 3.63) is 85.1 Å². The number of fused-ring (bicyclic) bond motifs is 4. The largest absolute Gasteiger partial charge is 0.305 e. The van der Waals surface area contributed by atoms with Crippen LogP contribution in [0.3, 0.4) is 0 Å². The molecule has 3 aromatic carbocycles. The van der Waals surface area contributed by atoms with Crippen LogP contribution >= 0.6 is 23.5 Å². The quantitative estimate of drug-likeness (QED) is 0.219. The Morgan fingerprint density at radius 2 is 1.43 bits per heavy atom. The summed E-state index contributed by atoms with van der Waals surface area (Å²) in [7, 11) is 0. The van der Waals surface area contributed by atoms with Crippen molar-refractivity contribution in [2.75, 3.05) is 0 Å². The molecule has 0 amide bonds. The maximum Gasteiger partial charge on any atom is 0.195 e. The first-order valence-electron chi connectivity index (χ1n) is 8.94. The maximum atomic E-state index is 4.55. The predicted octanol–water partition coefficient (Wildman–Crippen LogP) is 3.99. The summed E-state index contributed by atoms with van der Waals surface area (Å²) in [6, 6.07) is 29.6. The average Bonchev–Trinajstić information content (AvgIpc) is 2.74. The zero-order valence-corrected chi connectivity index (χ0v) is 18.7. The molecule has 6 rings (SSSR count). The number of pyridine rings is 1. The SMILES string of the molecule is [Ir].[c-]1c(-c2ccccn2)cc2c3c1Sc1ccccc1B3c1ccccc1S2. The van der Waals surface area contributed by atoms with Gasteiger partial charge in [-0.25, -0.2) is 0 Å². The second kappa shape index (κ2) is 7.24. The van der Waals surface area contributed by atoms with Gasteiger partial charge in [-0.1, -0.05) is 69.2 Å². The summed E-state index contributed by atoms with van der Waals surface area (Å²) in [5, 5.41) is 0. The van der Waals surface area contributed by atoms with Gasteiger partial charge in [0.05, 0.1) is 0 Å². The van der Waals surface area contributed by atoms with Gasteiger partial charge in [-0.3, -0.25) is 0 Å². The molecule has 0 saturated carbocycles. The molecule has 28 heavy (non-hydrogen) atoms. The summed E-state index contributed by atoms with van der Waals surface area (Å²) < 4.78 is 0. The molecule has 0 spiro atoms. The third-order valence-corrected chi connectivity index (χ3v) is 7.42. The van der Waals surface area contributed by atoms with Crippen LogP contribution in [-0.4, -0.2) is 11.7 Å². The van der Waals surface area contributed by atoms with Crippen molar-refractivity contribution < 1.29 is 20.1 Å². The van der Waals surface area contributed by atoms with Crippen LogP contribution < -0.4 is 16.4 Å². The van der Waals surface area contributed by atoms with Crippen molar-refractivity contribution in [1.82, 2.24) is 4.98 Å². The van der Waals surface area contributed by atoms with Gasteiger partial charge in [0.15, 0.2) is 6.71 Å². The Hall–Kier alpha value is -1.78. The standard InChI is InChI=1S/C23H13BNS2.Ir/c1-3-10-19-16(7-1)24-17-8-2-4-11-20(17)27-22-14-15(13-21(26-19)23(22)24)18-9-5-6-12-25-18;/h1-13H;/q-1;. The third kappa shape index (κ3) is 2.81. The number of hydrogen-bond donors (Lipinski definition) is 0. The zero-order chi connectivity index (χ0) is 17.8. The molecule has 0 fully saturated rings. The van der Waals surface area contributed by atoms with Gasteiger partial charge >= 0.3 is 0 Å². The van der Waals surface area contributed by atoms with E-state index < -0.39 is 0 Å². The van der Waals surface area contributed by atoms with E-state index in [1.54, 1.807) is 0 Å². The molecule has 0 saturated heterocycles. The molecule has 5 heteroatoms. The van der Waals surface area contributed by atoms with Crippen LogP contribution in [0.15, 0.2) is 98.6 Å². The molecule has 0 aliphatic carbocycles. The molecule has 2 aliphatic heterocycles. The van der Waals surface area contributed by atoms with E-state index in [1.165, 1.54) is 36.0 Å². The maximum absolute atomic E-state index is 4.55. The van der Waals surface area contributed by atoms with Gasteiger partial charge < -0.3 is 4.98 Å². The number of aromatic nitrogens is 1. The Bertz CT molecular complexity index is 1130. The molecular formula is C23H13BIrNS2-. The number of benzene rings is 3. The first-order chi connectivity index (χ1) is 13.4. The van der Waals surface area contributed by atoms with E-state index in [2.05, 4.69) is 71.7 Å². The molecule has 0 unspecified atom stereocenters. The molecule has 135 valence electrons. The minimum atomic E-state index is 0. The molecule has 3 heterocycles. The fraction of sp³-hybridized carbons (Fsp3) is 0. The van der Waals surface area contributed by atoms with Gasteiger partial charge in [-0.15, -0.1) is 46.7 Å². The molecular weight excluding hydrogens is 557 g/mol. The van der Waals surface area contributed by atoms with Crippen molar-refractivity contribution in [2.24, 2.45) is 0 Å². The van der Waals surface area contributed by atoms with Gasteiger partial charge in [0.2, 0.25) is 0 Å². The minimum Gasteiger partial charge on any atom is -0.305 e. The Morgan fingerprint density at radius 3 is 2.14 bits per heavy atom. The van der Waals surface area contributed by atoms with Crippen molar-refractivity contribution in [1.29, 1.82) is 0 Å². The second-order valence-corrected chi connectivity index (χ2v) is 8.85. The summed E-state index contributed by atoms with van der Waals surface area (Å²) >= 11 is 3.71. The second-order valence-electron chi connectivity index (χ2n) is 6.72. The van der Waals surface area contributed by atoms with Crippen LogP contribution in [0.4, 0.5) is 0 Å². The molecule has 0 atom stereocenters. The smallest absolute Gasteiger partial charge is 0.195 e. The first-order valence-corrected chi connectivity index (χ1v) is 10.6. The summed E-state index contributed by atoms with van der Waals surface area (Å²) in [4.78, 5) is 9.79. The summed E-state index contributed by atoms with van der Waals surface area (Å²) in [6.07, 6.45) is 1.85. The molecule has 0 N–H and O–H groups in total. The minimum absolute atomic E-state index is 0. The topological polar surface area (TPSA) is 12.9 Å². The summed E-state index contributed by atoms with van der Waals surface area (Å²) in [5.41, 5.74) is 6.27. The van der Waals surface area contributed by atoms with Gasteiger partial charge in [0.25, 0.3) is 0 Å². The van der Waals surface area contributed by atoms with Crippen molar-refractivity contribution in [3.8, 4) is 11.3 Å². The van der Waals surface area contributed by atoms with Crippen molar-refractivity contribution in [2.45, 2.75) is 19.6 Å². The molecule has 1 radical (unpaired) electrons. The van der Waals surface area contributed by atoms with E-state index in [4.69, 9.17) is 0 Å². The Labute approximate surface area is 186 Å². The van der Waals surface area contributed by atoms with Crippen LogP contribution in [0.5, 0.6) is 0 Å². The van der Waals surface area contributed by atoms with E-state index in [-0.39, 0.29) is 20.1 Å². The molecule has 4 aromatic rings. The summed E-state index contributed by atoms with van der Waals surface area (Å²) in [5.74, 6) is 0.